The van der Waals surface area contributed by atoms with Crippen molar-refractivity contribution in [3.8, 4) is 0 Å². The molecule has 0 aliphatic carbocycles. The smallest absolute Gasteiger partial charge is 0.0493 e. The van der Waals surface area contributed by atoms with Crippen LogP contribution in [0.1, 0.15) is 46.0 Å². The van der Waals surface area contributed by atoms with Gasteiger partial charge in [0.2, 0.25) is 0 Å². The Morgan fingerprint density at radius 3 is 2.13 bits per heavy atom. The highest BCUT2D eigenvalue weighted by atomic mass is 16.5. The van der Waals surface area contributed by atoms with E-state index in [9.17, 15) is 0 Å². The molecule has 0 heterocycles. The van der Waals surface area contributed by atoms with Crippen LogP contribution in [0.2, 0.25) is 0 Å². The molecule has 2 unspecified atom stereocenters. The zero-order valence-electron chi connectivity index (χ0n) is 10.9. The molecule has 0 spiro atoms. The molecule has 0 aromatic rings. The van der Waals surface area contributed by atoms with E-state index in [1.807, 2.05) is 0 Å². The van der Waals surface area contributed by atoms with E-state index in [-0.39, 0.29) is 0 Å². The first kappa shape index (κ1) is 14.9. The lowest BCUT2D eigenvalue weighted by molar-refractivity contribution is 0.0723. The Kier molecular flexibility index (Phi) is 10.4. The molecule has 0 aliphatic heterocycles. The maximum Gasteiger partial charge on any atom is 0.0493 e. The van der Waals surface area contributed by atoms with Crippen LogP contribution < -0.4 is 0 Å². The fourth-order valence-electron chi connectivity index (χ4n) is 1.98. The van der Waals surface area contributed by atoms with Crippen LogP contribution in [-0.4, -0.2) is 27.4 Å². The van der Waals surface area contributed by atoms with Gasteiger partial charge in [-0.15, -0.1) is 0 Å². The molecule has 0 amide bonds. The van der Waals surface area contributed by atoms with Gasteiger partial charge in [-0.25, -0.2) is 0 Å². The molecule has 0 saturated carbocycles. The van der Waals surface area contributed by atoms with E-state index in [1.165, 1.54) is 32.1 Å². The van der Waals surface area contributed by atoms with Gasteiger partial charge >= 0.3 is 0 Å². The maximum atomic E-state index is 5.27. The fourth-order valence-corrected chi connectivity index (χ4v) is 1.98. The van der Waals surface area contributed by atoms with Crippen molar-refractivity contribution in [2.45, 2.75) is 46.0 Å². The van der Waals surface area contributed by atoms with E-state index in [2.05, 4.69) is 13.8 Å². The first-order valence-corrected chi connectivity index (χ1v) is 6.24. The molecule has 92 valence electrons. The van der Waals surface area contributed by atoms with Crippen LogP contribution in [-0.2, 0) is 9.47 Å². The maximum absolute atomic E-state index is 5.27. The van der Waals surface area contributed by atoms with Gasteiger partial charge in [0, 0.05) is 27.4 Å². The summed E-state index contributed by atoms with van der Waals surface area (Å²) in [5.74, 6) is 1.27. The summed E-state index contributed by atoms with van der Waals surface area (Å²) in [4.78, 5) is 0. The Labute approximate surface area is 95.3 Å². The summed E-state index contributed by atoms with van der Waals surface area (Å²) >= 11 is 0. The Bertz CT molecular complexity index is 126. The number of hydrogen-bond acceptors (Lipinski definition) is 2. The van der Waals surface area contributed by atoms with Crippen molar-refractivity contribution < 1.29 is 9.47 Å². The first-order valence-electron chi connectivity index (χ1n) is 6.24. The molecule has 0 bridgehead atoms. The van der Waals surface area contributed by atoms with Gasteiger partial charge in [-0.1, -0.05) is 39.5 Å². The normalized spacial score (nSPS) is 15.2. The average molecular weight is 216 g/mol. The molecule has 2 heteroatoms. The van der Waals surface area contributed by atoms with Gasteiger partial charge in [0.05, 0.1) is 0 Å². The third-order valence-electron chi connectivity index (χ3n) is 3.04. The van der Waals surface area contributed by atoms with Gasteiger partial charge in [0.15, 0.2) is 0 Å². The molecule has 0 aliphatic rings. The van der Waals surface area contributed by atoms with Gasteiger partial charge < -0.3 is 9.47 Å². The zero-order valence-corrected chi connectivity index (χ0v) is 10.9. The molecule has 15 heavy (non-hydrogen) atoms. The molecule has 0 rings (SSSR count). The molecule has 0 aromatic heterocycles. The summed E-state index contributed by atoms with van der Waals surface area (Å²) in [5.41, 5.74) is 0. The monoisotopic (exact) mass is 216 g/mol. The summed E-state index contributed by atoms with van der Waals surface area (Å²) in [6.07, 6.45) is 6.63. The standard InChI is InChI=1S/C13H28O2/c1-5-6-7-8-9-13(11-15-4)12(2)10-14-3/h12-13H,5-11H2,1-4H3. The molecule has 0 aromatic carbocycles. The van der Waals surface area contributed by atoms with Crippen LogP contribution in [0.25, 0.3) is 0 Å². The minimum absolute atomic E-state index is 0.608. The predicted molar refractivity (Wildman–Crippen MR) is 65.2 cm³/mol. The lowest BCUT2D eigenvalue weighted by atomic mass is 9.90. The van der Waals surface area contributed by atoms with Crippen LogP contribution in [0, 0.1) is 11.8 Å². The molecule has 2 nitrogen and oxygen atoms in total. The third-order valence-corrected chi connectivity index (χ3v) is 3.04. The highest BCUT2D eigenvalue weighted by Gasteiger charge is 2.16. The second kappa shape index (κ2) is 10.4. The van der Waals surface area contributed by atoms with Crippen molar-refractivity contribution >= 4 is 0 Å². The van der Waals surface area contributed by atoms with E-state index in [1.54, 1.807) is 14.2 Å². The summed E-state index contributed by atoms with van der Waals surface area (Å²) in [6, 6.07) is 0. The minimum Gasteiger partial charge on any atom is -0.384 e. The Balaban J connectivity index is 3.71. The lowest BCUT2D eigenvalue weighted by Crippen LogP contribution is -2.21. The van der Waals surface area contributed by atoms with Crippen molar-refractivity contribution in [1.82, 2.24) is 0 Å². The van der Waals surface area contributed by atoms with E-state index in [0.717, 1.165) is 13.2 Å². The average Bonchev–Trinajstić information content (AvgIpc) is 2.23. The molecular formula is C13H28O2. The van der Waals surface area contributed by atoms with Gasteiger partial charge in [0.1, 0.15) is 0 Å². The van der Waals surface area contributed by atoms with Gasteiger partial charge in [-0.05, 0) is 18.3 Å². The highest BCUT2D eigenvalue weighted by Crippen LogP contribution is 2.20. The molecule has 2 atom stereocenters. The van der Waals surface area contributed by atoms with Gasteiger partial charge in [-0.3, -0.25) is 0 Å². The van der Waals surface area contributed by atoms with Crippen molar-refractivity contribution in [2.24, 2.45) is 11.8 Å². The van der Waals surface area contributed by atoms with Gasteiger partial charge in [0.25, 0.3) is 0 Å². The second-order valence-corrected chi connectivity index (χ2v) is 4.50. The molecule has 0 radical (unpaired) electrons. The van der Waals surface area contributed by atoms with Crippen molar-refractivity contribution in [3.63, 3.8) is 0 Å². The van der Waals surface area contributed by atoms with E-state index in [0.29, 0.717) is 11.8 Å². The Hall–Kier alpha value is -0.0800. The SMILES string of the molecule is CCCCCCC(COC)C(C)COC. The number of ether oxygens (including phenoxy) is 2. The summed E-state index contributed by atoms with van der Waals surface area (Å²) in [5, 5.41) is 0. The summed E-state index contributed by atoms with van der Waals surface area (Å²) in [6.45, 7) is 6.23. The number of methoxy groups -OCH3 is 2. The minimum atomic E-state index is 0.608. The van der Waals surface area contributed by atoms with Crippen LogP contribution in [0.5, 0.6) is 0 Å². The zero-order chi connectivity index (χ0) is 11.5. The van der Waals surface area contributed by atoms with E-state index < -0.39 is 0 Å². The van der Waals surface area contributed by atoms with Crippen LogP contribution in [0.3, 0.4) is 0 Å². The summed E-state index contributed by atoms with van der Waals surface area (Å²) < 4.78 is 10.5. The molecule has 0 N–H and O–H groups in total. The van der Waals surface area contributed by atoms with E-state index >= 15 is 0 Å². The number of rotatable bonds is 10. The fraction of sp³-hybridized carbons (Fsp3) is 1.00. The van der Waals surface area contributed by atoms with Gasteiger partial charge in [-0.2, -0.15) is 0 Å². The third kappa shape index (κ3) is 7.80. The summed E-state index contributed by atoms with van der Waals surface area (Å²) in [7, 11) is 3.57. The van der Waals surface area contributed by atoms with Crippen molar-refractivity contribution in [2.75, 3.05) is 27.4 Å². The van der Waals surface area contributed by atoms with Crippen molar-refractivity contribution in [1.29, 1.82) is 0 Å². The number of hydrogen-bond donors (Lipinski definition) is 0. The largest absolute Gasteiger partial charge is 0.384 e. The molecular weight excluding hydrogens is 188 g/mol. The quantitative estimate of drug-likeness (QED) is 0.520. The predicted octanol–water partition coefficient (Wildman–Crippen LogP) is 3.50. The number of unbranched alkanes of at least 4 members (excludes halogenated alkanes) is 3. The van der Waals surface area contributed by atoms with Crippen LogP contribution in [0.15, 0.2) is 0 Å². The van der Waals surface area contributed by atoms with E-state index in [4.69, 9.17) is 9.47 Å². The second-order valence-electron chi connectivity index (χ2n) is 4.50. The first-order chi connectivity index (χ1) is 7.26. The van der Waals surface area contributed by atoms with Crippen LogP contribution >= 0.6 is 0 Å². The van der Waals surface area contributed by atoms with Crippen molar-refractivity contribution in [3.05, 3.63) is 0 Å². The lowest BCUT2D eigenvalue weighted by Gasteiger charge is -2.22. The Morgan fingerprint density at radius 2 is 1.60 bits per heavy atom. The molecule has 0 saturated heterocycles. The topological polar surface area (TPSA) is 18.5 Å². The van der Waals surface area contributed by atoms with Crippen LogP contribution in [0.4, 0.5) is 0 Å². The highest BCUT2D eigenvalue weighted by molar-refractivity contribution is 4.66. The Morgan fingerprint density at radius 1 is 0.933 bits per heavy atom. The molecule has 0 fully saturated rings.